The summed E-state index contributed by atoms with van der Waals surface area (Å²) in [4.78, 5) is 30.3. The fourth-order valence-electron chi connectivity index (χ4n) is 8.51. The average Bonchev–Trinajstić information content (AvgIpc) is 3.24. The number of ether oxygens (including phenoxy) is 1. The molecule has 3 N–H and O–H groups in total. The number of hydrogen-bond donors (Lipinski definition) is 3. The molecule has 0 unspecified atom stereocenters. The minimum absolute atomic E-state index is 0.0967. The number of oxime groups is 1. The van der Waals surface area contributed by atoms with Gasteiger partial charge in [0.1, 0.15) is 17.4 Å². The number of allylic oxidation sites excluding steroid dienone is 2. The van der Waals surface area contributed by atoms with Crippen molar-refractivity contribution >= 4 is 17.6 Å². The summed E-state index contributed by atoms with van der Waals surface area (Å²) in [5.74, 6) is 3.45. The van der Waals surface area contributed by atoms with Gasteiger partial charge in [-0.3, -0.25) is 4.79 Å². The van der Waals surface area contributed by atoms with Crippen LogP contribution in [0.5, 0.6) is 5.75 Å². The molecule has 1 amide bonds. The number of terminal acetylenes is 1. The first-order chi connectivity index (χ1) is 19.5. The molecule has 8 nitrogen and oxygen atoms in total. The van der Waals surface area contributed by atoms with Crippen LogP contribution in [0.15, 0.2) is 41.1 Å². The number of carbonyl (C=O) groups is 2. The Morgan fingerprint density at radius 1 is 1.12 bits per heavy atom. The first-order valence-corrected chi connectivity index (χ1v) is 14.8. The van der Waals surface area contributed by atoms with Gasteiger partial charge in [0.15, 0.2) is 6.61 Å². The SMILES string of the molecule is C#C[C@@]1(O)CC[C@@H]2[C@@H]3CCC4=C/C(=N/OCC(=O)N[C@@H](Cc5ccc(O)cc5)C(=O)OC)CC[C@]4(C)[C@H]3CC[C@@]21C. The predicted octanol–water partition coefficient (Wildman–Crippen LogP) is 4.29. The van der Waals surface area contributed by atoms with E-state index in [1.807, 2.05) is 0 Å². The van der Waals surface area contributed by atoms with Crippen LogP contribution in [0.25, 0.3) is 0 Å². The largest absolute Gasteiger partial charge is 0.508 e. The first-order valence-electron chi connectivity index (χ1n) is 14.8. The lowest BCUT2D eigenvalue weighted by atomic mass is 9.46. The first kappa shape index (κ1) is 29.2. The summed E-state index contributed by atoms with van der Waals surface area (Å²) in [5.41, 5.74) is 1.92. The third-order valence-corrected chi connectivity index (χ3v) is 10.9. The Kier molecular flexibility index (Phi) is 7.95. The van der Waals surface area contributed by atoms with Gasteiger partial charge in [-0.2, -0.15) is 0 Å². The molecule has 0 saturated heterocycles. The van der Waals surface area contributed by atoms with E-state index >= 15 is 0 Å². The number of nitrogens with one attached hydrogen (secondary N) is 1. The van der Waals surface area contributed by atoms with E-state index in [1.165, 1.54) is 24.8 Å². The van der Waals surface area contributed by atoms with Gasteiger partial charge in [-0.25, -0.2) is 4.79 Å². The summed E-state index contributed by atoms with van der Waals surface area (Å²) in [6, 6.07) is 5.55. The van der Waals surface area contributed by atoms with Crippen LogP contribution in [0, 0.1) is 40.9 Å². The van der Waals surface area contributed by atoms with Crippen LogP contribution in [0.3, 0.4) is 0 Å². The molecular weight excluding hydrogens is 520 g/mol. The van der Waals surface area contributed by atoms with Crippen molar-refractivity contribution in [1.82, 2.24) is 5.32 Å². The maximum Gasteiger partial charge on any atom is 0.328 e. The average molecular weight is 563 g/mol. The minimum Gasteiger partial charge on any atom is -0.508 e. The molecule has 1 aromatic carbocycles. The van der Waals surface area contributed by atoms with Crippen LogP contribution < -0.4 is 5.32 Å². The second kappa shape index (κ2) is 11.2. The molecule has 4 aliphatic carbocycles. The topological polar surface area (TPSA) is 117 Å². The molecule has 7 atom stereocenters. The maximum absolute atomic E-state index is 12.6. The van der Waals surface area contributed by atoms with Crippen LogP contribution in [0.2, 0.25) is 0 Å². The number of aromatic hydroxyl groups is 1. The molecule has 3 saturated carbocycles. The number of fused-ring (bicyclic) bond motifs is 5. The number of esters is 1. The van der Waals surface area contributed by atoms with E-state index in [9.17, 15) is 19.8 Å². The Morgan fingerprint density at radius 3 is 2.56 bits per heavy atom. The van der Waals surface area contributed by atoms with Gasteiger partial charge < -0.3 is 25.1 Å². The maximum atomic E-state index is 12.6. The fourth-order valence-corrected chi connectivity index (χ4v) is 8.51. The van der Waals surface area contributed by atoms with Gasteiger partial charge >= 0.3 is 5.97 Å². The zero-order valence-corrected chi connectivity index (χ0v) is 24.3. The van der Waals surface area contributed by atoms with Gasteiger partial charge in [-0.15, -0.1) is 6.42 Å². The van der Waals surface area contributed by atoms with E-state index in [2.05, 4.69) is 36.3 Å². The Balaban J connectivity index is 1.20. The number of phenolic OH excluding ortho intramolecular Hbond substituents is 1. The predicted molar refractivity (Wildman–Crippen MR) is 155 cm³/mol. The van der Waals surface area contributed by atoms with Crippen LogP contribution >= 0.6 is 0 Å². The number of carbonyl (C=O) groups excluding carboxylic acids is 2. The molecule has 220 valence electrons. The van der Waals surface area contributed by atoms with Crippen LogP contribution in [-0.4, -0.2) is 53.2 Å². The van der Waals surface area contributed by atoms with Crippen molar-refractivity contribution < 1.29 is 29.4 Å². The van der Waals surface area contributed by atoms with Gasteiger partial charge in [0.25, 0.3) is 5.91 Å². The number of hydrogen-bond acceptors (Lipinski definition) is 7. The second-order valence-corrected chi connectivity index (χ2v) is 12.9. The van der Waals surface area contributed by atoms with Crippen molar-refractivity contribution in [1.29, 1.82) is 0 Å². The summed E-state index contributed by atoms with van der Waals surface area (Å²) >= 11 is 0. The van der Waals surface area contributed by atoms with Crippen molar-refractivity contribution in [3.05, 3.63) is 41.5 Å². The molecule has 0 aliphatic heterocycles. The molecule has 0 radical (unpaired) electrons. The molecule has 3 fully saturated rings. The molecule has 0 bridgehead atoms. The normalized spacial score (nSPS) is 35.6. The van der Waals surface area contributed by atoms with Crippen LogP contribution in [-0.2, 0) is 25.6 Å². The number of methoxy groups -OCH3 is 1. The Morgan fingerprint density at radius 2 is 1.85 bits per heavy atom. The highest BCUT2D eigenvalue weighted by Gasteiger charge is 2.63. The van der Waals surface area contributed by atoms with Crippen molar-refractivity contribution in [3.63, 3.8) is 0 Å². The zero-order valence-electron chi connectivity index (χ0n) is 24.3. The number of benzene rings is 1. The number of rotatable bonds is 7. The van der Waals surface area contributed by atoms with Crippen LogP contribution in [0.1, 0.15) is 70.8 Å². The summed E-state index contributed by atoms with van der Waals surface area (Å²) in [6.45, 7) is 4.30. The molecule has 0 heterocycles. The quantitative estimate of drug-likeness (QED) is 0.259. The molecule has 41 heavy (non-hydrogen) atoms. The van der Waals surface area contributed by atoms with E-state index in [0.717, 1.165) is 56.2 Å². The lowest BCUT2D eigenvalue weighted by Gasteiger charge is -2.58. The third-order valence-electron chi connectivity index (χ3n) is 10.9. The van der Waals surface area contributed by atoms with Crippen molar-refractivity contribution in [3.8, 4) is 18.1 Å². The molecule has 8 heteroatoms. The number of phenols is 1. The molecular formula is C33H42N2O6. The summed E-state index contributed by atoms with van der Waals surface area (Å²) < 4.78 is 4.85. The fraction of sp³-hybridized carbons (Fsp3) is 0.606. The smallest absolute Gasteiger partial charge is 0.328 e. The minimum atomic E-state index is -0.988. The zero-order chi connectivity index (χ0) is 29.4. The van der Waals surface area contributed by atoms with Crippen molar-refractivity contribution in [2.75, 3.05) is 13.7 Å². The molecule has 4 aliphatic rings. The second-order valence-electron chi connectivity index (χ2n) is 12.9. The van der Waals surface area contributed by atoms with Gasteiger partial charge in [0, 0.05) is 11.8 Å². The van der Waals surface area contributed by atoms with Gasteiger partial charge in [0.2, 0.25) is 0 Å². The molecule has 5 rings (SSSR count). The lowest BCUT2D eigenvalue weighted by Crippen LogP contribution is -2.54. The monoisotopic (exact) mass is 562 g/mol. The summed E-state index contributed by atoms with van der Waals surface area (Å²) in [6.07, 6.45) is 15.8. The molecule has 0 aromatic heterocycles. The number of amides is 1. The number of aliphatic hydroxyl groups is 1. The Labute approximate surface area is 242 Å². The third kappa shape index (κ3) is 5.25. The Hall–Kier alpha value is -3.31. The number of nitrogens with zero attached hydrogens (tertiary/aromatic N) is 1. The molecule has 1 aromatic rings. The standard InChI is InChI=1S/C33H42N2O6/c1-5-33(39)17-14-27-25-11-8-22-19-23(12-15-31(22,2)26(25)13-16-32(27,33)3)35-41-20-29(37)34-28(30(38)40-4)18-21-6-9-24(36)10-7-21/h1,6-7,9-10,19,25-28,36,39H,8,11-18,20H2,2-4H3,(H,34,37)/b35-23+/t25-,26+,27-,28+,31+,32+,33-/m1/s1. The van der Waals surface area contributed by atoms with E-state index in [-0.39, 0.29) is 29.6 Å². The van der Waals surface area contributed by atoms with Crippen molar-refractivity contribution in [2.45, 2.75) is 83.3 Å². The molecule has 0 spiro atoms. The lowest BCUT2D eigenvalue weighted by molar-refractivity contribution is -0.145. The summed E-state index contributed by atoms with van der Waals surface area (Å²) in [5, 5.41) is 27.7. The summed E-state index contributed by atoms with van der Waals surface area (Å²) in [7, 11) is 1.27. The van der Waals surface area contributed by atoms with E-state index in [0.29, 0.717) is 24.2 Å². The van der Waals surface area contributed by atoms with Gasteiger partial charge in [-0.05, 0) is 98.3 Å². The van der Waals surface area contributed by atoms with E-state index < -0.39 is 23.5 Å². The van der Waals surface area contributed by atoms with Gasteiger partial charge in [-0.1, -0.05) is 42.6 Å². The highest BCUT2D eigenvalue weighted by Crippen LogP contribution is 2.67. The van der Waals surface area contributed by atoms with E-state index in [1.54, 1.807) is 12.1 Å². The highest BCUT2D eigenvalue weighted by molar-refractivity contribution is 5.96. The highest BCUT2D eigenvalue weighted by atomic mass is 16.6. The van der Waals surface area contributed by atoms with Crippen molar-refractivity contribution in [2.24, 2.45) is 33.7 Å². The van der Waals surface area contributed by atoms with Gasteiger partial charge in [0.05, 0.1) is 12.8 Å². The van der Waals surface area contributed by atoms with E-state index in [4.69, 9.17) is 16.0 Å². The van der Waals surface area contributed by atoms with Crippen LogP contribution in [0.4, 0.5) is 0 Å². The Bertz CT molecular complexity index is 1280.